The Labute approximate surface area is 618 Å². The molecule has 0 fully saturated rings. The van der Waals surface area contributed by atoms with E-state index in [1.165, 1.54) is 154 Å². The molecule has 0 aromatic heterocycles. The molecule has 572 valence electrons. The summed E-state index contributed by atoms with van der Waals surface area (Å²) >= 11 is 0. The Balaban J connectivity index is 6.53. The van der Waals surface area contributed by atoms with Crippen molar-refractivity contribution in [3.8, 4) is 0 Å². The lowest BCUT2D eigenvalue weighted by atomic mass is 10.00. The minimum absolute atomic E-state index is 0.0501. The van der Waals surface area contributed by atoms with Crippen molar-refractivity contribution in [3.05, 3.63) is 0 Å². The van der Waals surface area contributed by atoms with Gasteiger partial charge in [0, 0.05) is 133 Å². The van der Waals surface area contributed by atoms with Crippen molar-refractivity contribution in [2.24, 2.45) is 17.8 Å². The molecule has 0 aromatic rings. The lowest BCUT2D eigenvalue weighted by Crippen LogP contribution is -2.55. The monoisotopic (exact) mass is 1480 g/mol. The van der Waals surface area contributed by atoms with Crippen LogP contribution in [0.2, 0.25) is 0 Å². The normalized spacial score (nSPS) is 12.6. The van der Waals surface area contributed by atoms with Gasteiger partial charge in [0.05, 0.1) is 0 Å². The molecular weight excluding hydrogens is 1340 g/mol. The third-order valence-corrected chi connectivity index (χ3v) is 25.2. The van der Waals surface area contributed by atoms with Crippen molar-refractivity contribution in [2.75, 3.05) is 113 Å². The Bertz CT molecular complexity index is 1680. The number of nitrogens with one attached hydrogen (secondary N) is 3. The van der Waals surface area contributed by atoms with Crippen molar-refractivity contribution in [1.82, 2.24) is 35.6 Å². The van der Waals surface area contributed by atoms with E-state index in [-0.39, 0.29) is 92.7 Å². The second-order valence-electron chi connectivity index (χ2n) is 27.5. The number of rotatable bonds is 72. The van der Waals surface area contributed by atoms with Gasteiger partial charge in [-0.25, -0.2) is 0 Å². The van der Waals surface area contributed by atoms with E-state index < -0.39 is 18.1 Å². The number of carbonyl (C=O) groups excluding carboxylic acids is 6. The molecule has 3 unspecified atom stereocenters. The fourth-order valence-electron chi connectivity index (χ4n) is 12.1. The molecule has 0 saturated carbocycles. The predicted molar refractivity (Wildman–Crippen MR) is 426 cm³/mol. The maximum atomic E-state index is 14.5. The summed E-state index contributed by atoms with van der Waals surface area (Å²) in [5.41, 5.74) is 0. The van der Waals surface area contributed by atoms with Gasteiger partial charge in [-0.2, -0.15) is 0 Å². The smallest absolute Gasteiger partial charge is 0.243 e. The Kier molecular flexibility index (Phi) is 68.3. The molecular formula is C75H147N7O9S6. The number of nitrogens with zero attached hydrogens (tertiary/aromatic N) is 4. The quantitative estimate of drug-likeness (QED) is 0.0247. The molecule has 0 saturated heterocycles. The van der Waals surface area contributed by atoms with Crippen molar-refractivity contribution in [2.45, 2.75) is 312 Å². The fourth-order valence-corrected chi connectivity index (χ4v) is 18.5. The Morgan fingerprint density at radius 2 is 0.505 bits per heavy atom. The molecule has 3 atom stereocenters. The van der Waals surface area contributed by atoms with Gasteiger partial charge in [0.25, 0.3) is 0 Å². The van der Waals surface area contributed by atoms with Gasteiger partial charge in [0.2, 0.25) is 35.4 Å². The molecule has 0 bridgehead atoms. The fraction of sp³-hybridized carbons (Fsp3) is 0.920. The van der Waals surface area contributed by atoms with Gasteiger partial charge in [0.1, 0.15) is 18.1 Å². The minimum atomic E-state index is -0.706. The molecule has 0 aliphatic carbocycles. The van der Waals surface area contributed by atoms with Gasteiger partial charge >= 0.3 is 0 Å². The van der Waals surface area contributed by atoms with Crippen LogP contribution in [-0.2, 0) is 28.8 Å². The van der Waals surface area contributed by atoms with E-state index in [0.717, 1.165) is 36.5 Å². The highest BCUT2D eigenvalue weighted by Crippen LogP contribution is 2.28. The molecule has 0 aliphatic rings. The van der Waals surface area contributed by atoms with E-state index >= 15 is 0 Å². The minimum Gasteiger partial charge on any atom is -0.396 e. The van der Waals surface area contributed by atoms with Crippen LogP contribution in [0.4, 0.5) is 0 Å². The standard InChI is InChI=1S/C75H147N7O9S6/c1-10-13-16-19-22-25-28-40-58-92-95-61-43-67(86)80(49-34-31-37-55-83)70(64(4)5)73(89)76-46-52-79(53-47-77-74(90)71(65(6)7)81(50-35-32-38-56-84)68(87)44-62-96-93-59-41-29-26-23-20-17-14-11-2)54-48-78-75(91)72(66(8)9)82(51-36-33-39-57-85)69(88)45-63-97-94-60-42-30-27-24-21-18-15-12-3/h64-66,70-72,83-85H,10-63H2,1-9H3,(H,76,89)(H,77,90)(H,78,91). The van der Waals surface area contributed by atoms with Crippen LogP contribution in [0.5, 0.6) is 0 Å². The molecule has 0 heterocycles. The maximum absolute atomic E-state index is 14.5. The summed E-state index contributed by atoms with van der Waals surface area (Å²) in [6, 6.07) is -2.12. The number of hydrogen-bond acceptors (Lipinski definition) is 16. The van der Waals surface area contributed by atoms with Crippen LogP contribution in [0, 0.1) is 17.8 Å². The second kappa shape index (κ2) is 69.1. The molecule has 0 rings (SSSR count). The topological polar surface area (TPSA) is 212 Å². The highest BCUT2D eigenvalue weighted by molar-refractivity contribution is 8.77. The molecule has 97 heavy (non-hydrogen) atoms. The summed E-state index contributed by atoms with van der Waals surface area (Å²) in [4.78, 5) is 93.4. The molecule has 6 N–H and O–H groups in total. The Morgan fingerprint density at radius 1 is 0.289 bits per heavy atom. The van der Waals surface area contributed by atoms with Crippen LogP contribution < -0.4 is 16.0 Å². The molecule has 22 heteroatoms. The first kappa shape index (κ1) is 95.8. The van der Waals surface area contributed by atoms with Gasteiger partial charge in [-0.1, -0.05) is 262 Å². The third kappa shape index (κ3) is 52.4. The van der Waals surface area contributed by atoms with E-state index in [1.54, 1.807) is 47.1 Å². The number of hydrogen-bond donors (Lipinski definition) is 6. The number of aliphatic hydroxyl groups excluding tert-OH is 3. The van der Waals surface area contributed by atoms with E-state index in [1.807, 2.05) is 73.9 Å². The molecule has 0 spiro atoms. The number of carbonyl (C=O) groups is 6. The summed E-state index contributed by atoms with van der Waals surface area (Å²) in [5.74, 6) is 3.73. The highest BCUT2D eigenvalue weighted by atomic mass is 33.1. The highest BCUT2D eigenvalue weighted by Gasteiger charge is 2.35. The second-order valence-corrected chi connectivity index (χ2v) is 35.6. The number of amides is 6. The van der Waals surface area contributed by atoms with Crippen LogP contribution >= 0.6 is 64.8 Å². The van der Waals surface area contributed by atoms with Gasteiger partial charge < -0.3 is 46.0 Å². The average Bonchev–Trinajstić information content (AvgIpc) is 0.887. The molecule has 0 aromatic carbocycles. The van der Waals surface area contributed by atoms with Crippen molar-refractivity contribution < 1.29 is 44.1 Å². The van der Waals surface area contributed by atoms with Crippen LogP contribution in [0.15, 0.2) is 0 Å². The number of aliphatic hydroxyl groups is 3. The van der Waals surface area contributed by atoms with E-state index in [0.29, 0.717) is 114 Å². The largest absolute Gasteiger partial charge is 0.396 e. The zero-order valence-corrected chi connectivity index (χ0v) is 68.1. The van der Waals surface area contributed by atoms with Crippen molar-refractivity contribution in [3.63, 3.8) is 0 Å². The maximum Gasteiger partial charge on any atom is 0.243 e. The summed E-state index contributed by atoms with van der Waals surface area (Å²) in [5, 5.41) is 38.3. The summed E-state index contributed by atoms with van der Waals surface area (Å²) in [6.45, 7) is 21.9. The van der Waals surface area contributed by atoms with Gasteiger partial charge in [0.15, 0.2) is 0 Å². The first-order valence-electron chi connectivity index (χ1n) is 39.1. The van der Waals surface area contributed by atoms with Crippen LogP contribution in [-0.4, -0.2) is 202 Å². The zero-order chi connectivity index (χ0) is 71.8. The Hall–Kier alpha value is -1.24. The van der Waals surface area contributed by atoms with Crippen molar-refractivity contribution in [1.29, 1.82) is 0 Å². The average molecular weight is 1480 g/mol. The molecule has 0 radical (unpaired) electrons. The summed E-state index contributed by atoms with van der Waals surface area (Å²) < 4.78 is 0. The Morgan fingerprint density at radius 3 is 0.732 bits per heavy atom. The summed E-state index contributed by atoms with van der Waals surface area (Å²) in [6.07, 6.45) is 37.7. The van der Waals surface area contributed by atoms with E-state index in [4.69, 9.17) is 0 Å². The molecule has 0 aliphatic heterocycles. The third-order valence-electron chi connectivity index (χ3n) is 17.7. The number of unbranched alkanes of at least 4 members (excludes halogenated alkanes) is 27. The van der Waals surface area contributed by atoms with Gasteiger partial charge in [-0.15, -0.1) is 0 Å². The van der Waals surface area contributed by atoms with E-state index in [2.05, 4.69) is 41.6 Å². The van der Waals surface area contributed by atoms with Gasteiger partial charge in [-0.3, -0.25) is 33.7 Å². The van der Waals surface area contributed by atoms with Crippen molar-refractivity contribution >= 4 is 100 Å². The summed E-state index contributed by atoms with van der Waals surface area (Å²) in [7, 11) is 10.7. The zero-order valence-electron chi connectivity index (χ0n) is 63.2. The first-order chi connectivity index (χ1) is 47.1. The van der Waals surface area contributed by atoms with Gasteiger partial charge in [-0.05, 0) is 94.8 Å². The van der Waals surface area contributed by atoms with E-state index in [9.17, 15) is 44.1 Å². The lowest BCUT2D eigenvalue weighted by Gasteiger charge is -2.35. The molecule has 6 amide bonds. The predicted octanol–water partition coefficient (Wildman–Crippen LogP) is 16.4. The van der Waals surface area contributed by atoms with Crippen LogP contribution in [0.3, 0.4) is 0 Å². The van der Waals surface area contributed by atoms with Crippen LogP contribution in [0.25, 0.3) is 0 Å². The SMILES string of the molecule is CCCCCCCCCCSSCCC(=O)N(CCCCCO)C(C(=O)NCCN(CCNC(=O)C(C(C)C)N(CCCCCO)C(=O)CCSSCCCCCCCCCC)CCNC(=O)C(C(C)C)N(CCCCCO)C(=O)CCSSCCCCCCCCCC)C(C)C. The lowest BCUT2D eigenvalue weighted by molar-refractivity contribution is -0.142. The first-order valence-corrected chi connectivity index (χ1v) is 46.5. The molecule has 16 nitrogen and oxygen atoms in total. The van der Waals surface area contributed by atoms with Crippen LogP contribution in [0.1, 0.15) is 293 Å².